The summed E-state index contributed by atoms with van der Waals surface area (Å²) in [6, 6.07) is 2.35. The molecule has 0 saturated carbocycles. The van der Waals surface area contributed by atoms with Crippen molar-refractivity contribution in [2.24, 2.45) is 0 Å². The van der Waals surface area contributed by atoms with Gasteiger partial charge in [-0.2, -0.15) is 5.26 Å². The number of nitriles is 1. The molecule has 1 rings (SSSR count). The molecule has 0 spiro atoms. The maximum atomic E-state index is 12.5. The first-order valence-electron chi connectivity index (χ1n) is 4.12. The molecule has 0 radical (unpaired) electrons. The predicted molar refractivity (Wildman–Crippen MR) is 49.7 cm³/mol. The first-order chi connectivity index (χ1) is 7.88. The van der Waals surface area contributed by atoms with Crippen molar-refractivity contribution in [1.82, 2.24) is 0 Å². The van der Waals surface area contributed by atoms with Crippen LogP contribution < -0.4 is 0 Å². The summed E-state index contributed by atoms with van der Waals surface area (Å²) in [6.45, 7) is 0. The highest BCUT2D eigenvalue weighted by molar-refractivity contribution is 5.93. The van der Waals surface area contributed by atoms with Gasteiger partial charge in [-0.3, -0.25) is 10.1 Å². The number of hydrogen-bond acceptors (Lipinski definition) is 4. The topological polar surface area (TPSA) is 104 Å². The van der Waals surface area contributed by atoms with E-state index in [0.29, 0.717) is 12.1 Å². The van der Waals surface area contributed by atoms with Crippen LogP contribution in [0.15, 0.2) is 12.1 Å². The Morgan fingerprint density at radius 3 is 2.47 bits per heavy atom. The Balaban J connectivity index is 3.61. The van der Waals surface area contributed by atoms with Gasteiger partial charge in [-0.05, 0) is 6.07 Å². The van der Waals surface area contributed by atoms with E-state index >= 15 is 0 Å². The molecule has 0 atom stereocenters. The van der Waals surface area contributed by atoms with E-state index in [1.807, 2.05) is 0 Å². The molecule has 0 bridgehead atoms. The Hall–Kier alpha value is -2.56. The second kappa shape index (κ2) is 4.52. The van der Waals surface area contributed by atoms with Crippen molar-refractivity contribution in [1.29, 1.82) is 5.26 Å². The summed E-state index contributed by atoms with van der Waals surface area (Å²) in [5.41, 5.74) is -3.21. The fraction of sp³-hybridized carbons (Fsp3) is 0.111. The number of halogens is 2. The number of rotatable bonds is 3. The Labute approximate surface area is 92.9 Å². The van der Waals surface area contributed by atoms with E-state index in [4.69, 9.17) is 10.4 Å². The van der Waals surface area contributed by atoms with Gasteiger partial charge in [0.1, 0.15) is 5.56 Å². The van der Waals surface area contributed by atoms with Gasteiger partial charge >= 0.3 is 5.97 Å². The molecule has 17 heavy (non-hydrogen) atoms. The molecule has 1 N–H and O–H groups in total. The number of aromatic carboxylic acids is 1. The van der Waals surface area contributed by atoms with Crippen molar-refractivity contribution in [2.75, 3.05) is 0 Å². The number of alkyl halides is 2. The molecule has 6 nitrogen and oxygen atoms in total. The number of nitrogens with zero attached hydrogens (tertiary/aromatic N) is 2. The lowest BCUT2D eigenvalue weighted by atomic mass is 10.0. The van der Waals surface area contributed by atoms with Gasteiger partial charge in [-0.25, -0.2) is 13.6 Å². The van der Waals surface area contributed by atoms with Crippen LogP contribution in [0.3, 0.4) is 0 Å². The second-order valence-electron chi connectivity index (χ2n) is 2.93. The number of hydrogen-bond donors (Lipinski definition) is 1. The maximum Gasteiger partial charge on any atom is 0.342 e. The highest BCUT2D eigenvalue weighted by atomic mass is 19.3. The lowest BCUT2D eigenvalue weighted by Crippen LogP contribution is -2.05. The van der Waals surface area contributed by atoms with Gasteiger partial charge in [0.2, 0.25) is 0 Å². The van der Waals surface area contributed by atoms with E-state index in [-0.39, 0.29) is 0 Å². The van der Waals surface area contributed by atoms with Crippen LogP contribution in [0.5, 0.6) is 0 Å². The second-order valence-corrected chi connectivity index (χ2v) is 2.93. The largest absolute Gasteiger partial charge is 0.477 e. The van der Waals surface area contributed by atoms with Gasteiger partial charge < -0.3 is 5.11 Å². The summed E-state index contributed by atoms with van der Waals surface area (Å²) in [7, 11) is 0. The average molecular weight is 242 g/mol. The van der Waals surface area contributed by atoms with E-state index < -0.39 is 39.7 Å². The number of carbonyl (C=O) groups is 1. The number of carboxylic acids is 1. The fourth-order valence-corrected chi connectivity index (χ4v) is 1.20. The summed E-state index contributed by atoms with van der Waals surface area (Å²) in [5, 5.41) is 27.7. The van der Waals surface area contributed by atoms with E-state index in [1.54, 1.807) is 0 Å². The molecule has 88 valence electrons. The molecular weight excluding hydrogens is 238 g/mol. The smallest absolute Gasteiger partial charge is 0.342 e. The zero-order valence-electron chi connectivity index (χ0n) is 8.05. The van der Waals surface area contributed by atoms with E-state index in [0.717, 1.165) is 0 Å². The van der Waals surface area contributed by atoms with Gasteiger partial charge in [-0.1, -0.05) is 0 Å². The van der Waals surface area contributed by atoms with Crippen molar-refractivity contribution in [3.63, 3.8) is 0 Å². The molecule has 0 saturated heterocycles. The Bertz CT molecular complexity index is 537. The molecule has 1 aromatic carbocycles. The summed E-state index contributed by atoms with van der Waals surface area (Å²) >= 11 is 0. The number of benzene rings is 1. The molecule has 0 amide bonds. The summed E-state index contributed by atoms with van der Waals surface area (Å²) in [4.78, 5) is 20.1. The first-order valence-corrected chi connectivity index (χ1v) is 4.12. The van der Waals surface area contributed by atoms with Crippen LogP contribution in [0.25, 0.3) is 0 Å². The lowest BCUT2D eigenvalue weighted by Gasteiger charge is -2.04. The maximum absolute atomic E-state index is 12.5. The monoisotopic (exact) mass is 242 g/mol. The molecule has 0 aliphatic carbocycles. The summed E-state index contributed by atoms with van der Waals surface area (Å²) < 4.78 is 24.9. The number of carboxylic acid groups (broad SMARTS) is 1. The average Bonchev–Trinajstić information content (AvgIpc) is 2.26. The molecule has 1 aromatic rings. The van der Waals surface area contributed by atoms with Crippen molar-refractivity contribution >= 4 is 11.7 Å². The minimum atomic E-state index is -3.09. The third kappa shape index (κ3) is 2.34. The van der Waals surface area contributed by atoms with E-state index in [2.05, 4.69) is 0 Å². The minimum absolute atomic E-state index is 0.409. The van der Waals surface area contributed by atoms with Crippen LogP contribution in [-0.2, 0) is 0 Å². The van der Waals surface area contributed by atoms with Gasteiger partial charge in [0.15, 0.2) is 0 Å². The molecule has 0 fully saturated rings. The van der Waals surface area contributed by atoms with Gasteiger partial charge in [0.25, 0.3) is 12.1 Å². The highest BCUT2D eigenvalue weighted by Crippen LogP contribution is 2.29. The van der Waals surface area contributed by atoms with Crippen LogP contribution in [0.2, 0.25) is 0 Å². The Morgan fingerprint density at radius 2 is 2.12 bits per heavy atom. The van der Waals surface area contributed by atoms with Crippen LogP contribution in [0, 0.1) is 21.4 Å². The summed E-state index contributed by atoms with van der Waals surface area (Å²) in [6.07, 6.45) is -3.09. The standard InChI is InChI=1S/C9H4F2N2O4/c10-8(11)5-2-7(13(16)17)6(9(14)15)1-4(5)3-12/h1-2,8H,(H,14,15). The van der Waals surface area contributed by atoms with Gasteiger partial charge in [0, 0.05) is 11.6 Å². The third-order valence-electron chi connectivity index (χ3n) is 1.95. The normalized spacial score (nSPS) is 10.0. The predicted octanol–water partition coefficient (Wildman–Crippen LogP) is 2.10. The lowest BCUT2D eigenvalue weighted by molar-refractivity contribution is -0.385. The number of nitro groups is 1. The van der Waals surface area contributed by atoms with Gasteiger partial charge in [0.05, 0.1) is 16.6 Å². The van der Waals surface area contributed by atoms with Crippen molar-refractivity contribution < 1.29 is 23.6 Å². The van der Waals surface area contributed by atoms with Crippen molar-refractivity contribution in [3.8, 4) is 6.07 Å². The fourth-order valence-electron chi connectivity index (χ4n) is 1.20. The van der Waals surface area contributed by atoms with Crippen LogP contribution in [0.4, 0.5) is 14.5 Å². The molecule has 0 unspecified atom stereocenters. The van der Waals surface area contributed by atoms with Crippen molar-refractivity contribution in [2.45, 2.75) is 6.43 Å². The van der Waals surface area contributed by atoms with Crippen molar-refractivity contribution in [3.05, 3.63) is 38.9 Å². The third-order valence-corrected chi connectivity index (χ3v) is 1.95. The van der Waals surface area contributed by atoms with Crippen LogP contribution in [-0.4, -0.2) is 16.0 Å². The number of nitro benzene ring substituents is 1. The zero-order chi connectivity index (χ0) is 13.2. The van der Waals surface area contributed by atoms with E-state index in [9.17, 15) is 23.7 Å². The molecule has 0 aliphatic rings. The van der Waals surface area contributed by atoms with E-state index in [1.165, 1.54) is 6.07 Å². The molecule has 8 heteroatoms. The molecular formula is C9H4F2N2O4. The molecule has 0 heterocycles. The Kier molecular flexibility index (Phi) is 3.33. The van der Waals surface area contributed by atoms with Crippen LogP contribution >= 0.6 is 0 Å². The zero-order valence-corrected chi connectivity index (χ0v) is 8.05. The quantitative estimate of drug-likeness (QED) is 0.645. The van der Waals surface area contributed by atoms with Crippen LogP contribution in [0.1, 0.15) is 27.9 Å². The van der Waals surface area contributed by atoms with Gasteiger partial charge in [-0.15, -0.1) is 0 Å². The SMILES string of the molecule is N#Cc1cc(C(=O)O)c([N+](=O)[O-])cc1C(F)F. The molecule has 0 aromatic heterocycles. The summed E-state index contributed by atoms with van der Waals surface area (Å²) in [5.74, 6) is -1.66. The first kappa shape index (κ1) is 12.5. The highest BCUT2D eigenvalue weighted by Gasteiger charge is 2.26. The molecule has 0 aliphatic heterocycles. The Morgan fingerprint density at radius 1 is 1.53 bits per heavy atom. The minimum Gasteiger partial charge on any atom is -0.477 e.